The fourth-order valence-electron chi connectivity index (χ4n) is 3.01. The minimum Gasteiger partial charge on any atom is -0.332 e. The summed E-state index contributed by atoms with van der Waals surface area (Å²) in [5.41, 5.74) is 0.377. The molecule has 2 N–H and O–H groups in total. The monoisotopic (exact) mass is 372 g/mol. The van der Waals surface area contributed by atoms with E-state index in [1.54, 1.807) is 25.2 Å². The number of benzene rings is 1. The molecule has 132 valence electrons. The Morgan fingerprint density at radius 1 is 1.33 bits per heavy atom. The predicted octanol–water partition coefficient (Wildman–Crippen LogP) is 1.71. The van der Waals surface area contributed by atoms with Gasteiger partial charge in [0.15, 0.2) is 6.54 Å². The lowest BCUT2D eigenvalue weighted by atomic mass is 10.0. The minimum atomic E-state index is -0.317. The highest BCUT2D eigenvalue weighted by Crippen LogP contribution is 2.29. The molecule has 1 fully saturated rings. The molecule has 0 saturated carbocycles. The van der Waals surface area contributed by atoms with E-state index in [-0.39, 0.29) is 18.4 Å². The van der Waals surface area contributed by atoms with Gasteiger partial charge in [-0.25, -0.2) is 0 Å². The first-order chi connectivity index (χ1) is 11.4. The molecule has 1 aromatic carbocycles. The van der Waals surface area contributed by atoms with Gasteiger partial charge in [-0.3, -0.25) is 9.59 Å². The molecule has 1 aliphatic rings. The number of likely N-dealkylation sites (N-methyl/N-ethyl adjacent to an activating group) is 1. The zero-order chi connectivity index (χ0) is 17.7. The van der Waals surface area contributed by atoms with Crippen molar-refractivity contribution < 1.29 is 14.5 Å². The molecule has 2 rings (SSSR count). The van der Waals surface area contributed by atoms with E-state index in [9.17, 15) is 9.59 Å². The Morgan fingerprint density at radius 3 is 2.62 bits per heavy atom. The van der Waals surface area contributed by atoms with Gasteiger partial charge in [0, 0.05) is 13.0 Å². The van der Waals surface area contributed by atoms with Crippen molar-refractivity contribution in [1.82, 2.24) is 4.90 Å². The van der Waals surface area contributed by atoms with Crippen LogP contribution in [0.3, 0.4) is 0 Å². The van der Waals surface area contributed by atoms with Gasteiger partial charge in [0.05, 0.1) is 35.4 Å². The fourth-order valence-corrected chi connectivity index (χ4v) is 3.50. The number of piperidine rings is 1. The molecular formula is C17H24Cl2N3O2+. The number of quaternary nitrogens is 1. The molecule has 5 nitrogen and oxygen atoms in total. The zero-order valence-electron chi connectivity index (χ0n) is 14.1. The molecule has 1 saturated heterocycles. The highest BCUT2D eigenvalue weighted by Gasteiger charge is 2.24. The Bertz CT molecular complexity index is 589. The summed E-state index contributed by atoms with van der Waals surface area (Å²) in [5, 5.41) is 3.42. The van der Waals surface area contributed by atoms with Gasteiger partial charge in [-0.2, -0.15) is 0 Å². The van der Waals surface area contributed by atoms with Crippen LogP contribution in [0.4, 0.5) is 5.69 Å². The predicted molar refractivity (Wildman–Crippen MR) is 96.7 cm³/mol. The number of nitrogens with zero attached hydrogens (tertiary/aromatic N) is 1. The maximum Gasteiger partial charge on any atom is 0.277 e. The van der Waals surface area contributed by atoms with Gasteiger partial charge in [-0.15, -0.1) is 0 Å². The Hall–Kier alpha value is -1.30. The molecule has 0 aliphatic carbocycles. The van der Waals surface area contributed by atoms with E-state index in [1.165, 1.54) is 16.2 Å². The van der Waals surface area contributed by atoms with Gasteiger partial charge < -0.3 is 15.1 Å². The molecule has 1 aromatic rings. The van der Waals surface area contributed by atoms with E-state index in [4.69, 9.17) is 23.2 Å². The summed E-state index contributed by atoms with van der Waals surface area (Å²) in [6, 6.07) is 5.01. The van der Waals surface area contributed by atoms with Crippen molar-refractivity contribution >= 4 is 40.7 Å². The van der Waals surface area contributed by atoms with Gasteiger partial charge in [0.2, 0.25) is 5.91 Å². The van der Waals surface area contributed by atoms with E-state index in [0.717, 1.165) is 19.5 Å². The maximum absolute atomic E-state index is 12.3. The second-order valence-electron chi connectivity index (χ2n) is 6.52. The van der Waals surface area contributed by atoms with Crippen LogP contribution < -0.4 is 10.2 Å². The smallest absolute Gasteiger partial charge is 0.277 e. The first-order valence-electron chi connectivity index (χ1n) is 8.18. The van der Waals surface area contributed by atoms with Crippen LogP contribution in [0.5, 0.6) is 0 Å². The third-order valence-electron chi connectivity index (χ3n) is 4.30. The van der Waals surface area contributed by atoms with Crippen molar-refractivity contribution in [3.8, 4) is 0 Å². The normalized spacial score (nSPS) is 20.5. The van der Waals surface area contributed by atoms with Gasteiger partial charge in [-0.1, -0.05) is 36.2 Å². The van der Waals surface area contributed by atoms with Crippen molar-refractivity contribution in [2.45, 2.75) is 19.8 Å². The third kappa shape index (κ3) is 5.36. The lowest BCUT2D eigenvalue weighted by Crippen LogP contribution is -3.14. The van der Waals surface area contributed by atoms with Gasteiger partial charge in [0.25, 0.3) is 5.91 Å². The highest BCUT2D eigenvalue weighted by molar-refractivity contribution is 6.39. The third-order valence-corrected chi connectivity index (χ3v) is 4.93. The molecular weight excluding hydrogens is 349 g/mol. The van der Waals surface area contributed by atoms with Crippen LogP contribution in [0.1, 0.15) is 19.8 Å². The molecule has 0 spiro atoms. The van der Waals surface area contributed by atoms with E-state index < -0.39 is 0 Å². The summed E-state index contributed by atoms with van der Waals surface area (Å²) in [6.45, 7) is 4.66. The van der Waals surface area contributed by atoms with E-state index in [2.05, 4.69) is 12.2 Å². The number of likely N-dealkylation sites (tertiary alicyclic amines) is 1. The Morgan fingerprint density at radius 2 is 2.00 bits per heavy atom. The van der Waals surface area contributed by atoms with Crippen LogP contribution in [0.15, 0.2) is 18.2 Å². The zero-order valence-corrected chi connectivity index (χ0v) is 15.6. The van der Waals surface area contributed by atoms with E-state index >= 15 is 0 Å². The summed E-state index contributed by atoms with van der Waals surface area (Å²) >= 11 is 12.1. The van der Waals surface area contributed by atoms with Crippen LogP contribution in [-0.2, 0) is 9.59 Å². The highest BCUT2D eigenvalue weighted by atomic mass is 35.5. The van der Waals surface area contributed by atoms with E-state index in [1.807, 2.05) is 0 Å². The average molecular weight is 373 g/mol. The summed E-state index contributed by atoms with van der Waals surface area (Å²) in [7, 11) is 1.64. The number of hydrogen-bond donors (Lipinski definition) is 2. The first kappa shape index (κ1) is 19.0. The molecule has 1 aliphatic heterocycles. The molecule has 1 heterocycles. The Kier molecular flexibility index (Phi) is 6.90. The molecule has 7 heteroatoms. The fraction of sp³-hybridized carbons (Fsp3) is 0.529. The maximum atomic E-state index is 12.3. The summed E-state index contributed by atoms with van der Waals surface area (Å²) in [4.78, 5) is 27.2. The molecule has 0 bridgehead atoms. The van der Waals surface area contributed by atoms with E-state index in [0.29, 0.717) is 28.2 Å². The second-order valence-corrected chi connectivity index (χ2v) is 7.34. The van der Waals surface area contributed by atoms with Crippen molar-refractivity contribution in [3.63, 3.8) is 0 Å². The van der Waals surface area contributed by atoms with Crippen LogP contribution >= 0.6 is 23.2 Å². The molecule has 2 atom stereocenters. The van der Waals surface area contributed by atoms with Crippen molar-refractivity contribution in [2.24, 2.45) is 5.92 Å². The Labute approximate surface area is 152 Å². The Balaban J connectivity index is 1.85. The summed E-state index contributed by atoms with van der Waals surface area (Å²) in [6.07, 6.45) is 2.38. The molecule has 0 radical (unpaired) electrons. The van der Waals surface area contributed by atoms with Gasteiger partial charge in [0.1, 0.15) is 0 Å². The first-order valence-corrected chi connectivity index (χ1v) is 8.93. The minimum absolute atomic E-state index is 0.0246. The number of hydrogen-bond acceptors (Lipinski definition) is 2. The number of anilines is 1. The number of rotatable bonds is 5. The number of carbonyl (C=O) groups is 2. The SMILES string of the molecule is C[C@H]1CCC[NH+](CC(=O)N(C)CC(=O)Nc2c(Cl)cccc2Cl)C1. The van der Waals surface area contributed by atoms with Crippen LogP contribution in [0.25, 0.3) is 0 Å². The quantitative estimate of drug-likeness (QED) is 0.826. The van der Waals surface area contributed by atoms with Gasteiger partial charge in [-0.05, 0) is 25.0 Å². The summed E-state index contributed by atoms with van der Waals surface area (Å²) in [5.74, 6) is 0.305. The molecule has 1 unspecified atom stereocenters. The van der Waals surface area contributed by atoms with Crippen molar-refractivity contribution in [2.75, 3.05) is 38.5 Å². The van der Waals surface area contributed by atoms with Crippen molar-refractivity contribution in [3.05, 3.63) is 28.2 Å². The van der Waals surface area contributed by atoms with Crippen LogP contribution in [0.2, 0.25) is 10.0 Å². The lowest BCUT2D eigenvalue weighted by Gasteiger charge is -2.28. The van der Waals surface area contributed by atoms with Crippen LogP contribution in [-0.4, -0.2) is 49.9 Å². The lowest BCUT2D eigenvalue weighted by molar-refractivity contribution is -0.900. The number of para-hydroxylation sites is 1. The molecule has 0 aromatic heterocycles. The van der Waals surface area contributed by atoms with Crippen LogP contribution in [0, 0.1) is 5.92 Å². The average Bonchev–Trinajstić information content (AvgIpc) is 2.51. The van der Waals surface area contributed by atoms with Gasteiger partial charge >= 0.3 is 0 Å². The number of halogens is 2. The number of carbonyl (C=O) groups excluding carboxylic acids is 2. The summed E-state index contributed by atoms with van der Waals surface area (Å²) < 4.78 is 0. The number of amides is 2. The standard InChI is InChI=1S/C17H23Cl2N3O2/c1-12-5-4-8-22(9-12)11-16(24)21(2)10-15(23)20-17-13(18)6-3-7-14(17)19/h3,6-7,12H,4-5,8-11H2,1-2H3,(H,20,23)/p+1/t12-/m0/s1. The number of nitrogens with one attached hydrogen (secondary N) is 2. The second kappa shape index (κ2) is 8.70. The largest absolute Gasteiger partial charge is 0.332 e. The molecule has 24 heavy (non-hydrogen) atoms. The molecule has 2 amide bonds. The van der Waals surface area contributed by atoms with Crippen molar-refractivity contribution in [1.29, 1.82) is 0 Å². The topological polar surface area (TPSA) is 53.9 Å².